The van der Waals surface area contributed by atoms with Crippen molar-refractivity contribution in [3.8, 4) is 11.3 Å². The van der Waals surface area contributed by atoms with Crippen LogP contribution in [0.4, 0.5) is 4.79 Å². The average molecular weight is 480 g/mol. The zero-order valence-electron chi connectivity index (χ0n) is 20.7. The van der Waals surface area contributed by atoms with Crippen molar-refractivity contribution in [3.05, 3.63) is 83.9 Å². The molecule has 2 aliphatic rings. The summed E-state index contributed by atoms with van der Waals surface area (Å²) in [5.74, 6) is 1.52. The molecular weight excluding hydrogens is 446 g/mol. The van der Waals surface area contributed by atoms with E-state index in [4.69, 9.17) is 4.98 Å². The van der Waals surface area contributed by atoms with Crippen LogP contribution in [0.5, 0.6) is 0 Å². The van der Waals surface area contributed by atoms with E-state index < -0.39 is 0 Å². The second-order valence-electron chi connectivity index (χ2n) is 10.1. The number of amides is 2. The Morgan fingerprint density at radius 2 is 1.86 bits per heavy atom. The van der Waals surface area contributed by atoms with Gasteiger partial charge in [-0.1, -0.05) is 48.5 Å². The van der Waals surface area contributed by atoms with E-state index in [1.807, 2.05) is 47.5 Å². The van der Waals surface area contributed by atoms with Crippen LogP contribution < -0.4 is 5.32 Å². The number of piperidine rings is 1. The second kappa shape index (κ2) is 10.1. The van der Waals surface area contributed by atoms with Crippen LogP contribution >= 0.6 is 0 Å². The maximum atomic E-state index is 12.6. The van der Waals surface area contributed by atoms with Gasteiger partial charge in [0.25, 0.3) is 0 Å². The number of benzene rings is 2. The molecule has 2 aromatic heterocycles. The summed E-state index contributed by atoms with van der Waals surface area (Å²) < 4.78 is 2.40. The van der Waals surface area contributed by atoms with E-state index in [1.165, 1.54) is 28.5 Å². The van der Waals surface area contributed by atoms with Crippen molar-refractivity contribution < 1.29 is 4.79 Å². The Kier molecular flexibility index (Phi) is 6.41. The summed E-state index contributed by atoms with van der Waals surface area (Å²) in [6, 6.07) is 18.8. The maximum absolute atomic E-state index is 12.6. The summed E-state index contributed by atoms with van der Waals surface area (Å²) >= 11 is 0. The molecule has 0 atom stereocenters. The average Bonchev–Trinajstić information content (AvgIpc) is 3.32. The van der Waals surface area contributed by atoms with Crippen LogP contribution in [0.15, 0.2) is 67.0 Å². The molecule has 6 rings (SSSR count). The number of hydrogen-bond donors (Lipinski definition) is 1. The lowest BCUT2D eigenvalue weighted by atomic mass is 9.92. The standard InChI is InChI=1S/C30H33N5O/c36-30(32-20-23-6-2-1-3-7-23)34-18-14-22(15-19-34)11-12-28-31-16-13-27(33-28)26-21-35-17-5-9-24-8-4-10-25(26)29(24)35/h1-4,6-8,10,13,16,21-22H,5,9,11-12,14-15,17-20H2,(H,32,36). The third-order valence-corrected chi connectivity index (χ3v) is 7.77. The number of hydrogen-bond acceptors (Lipinski definition) is 3. The number of rotatable bonds is 6. The molecule has 36 heavy (non-hydrogen) atoms. The van der Waals surface area contributed by atoms with Crippen molar-refractivity contribution in [1.29, 1.82) is 0 Å². The van der Waals surface area contributed by atoms with Gasteiger partial charge < -0.3 is 14.8 Å². The molecule has 0 spiro atoms. The van der Waals surface area contributed by atoms with Crippen molar-refractivity contribution in [3.63, 3.8) is 0 Å². The third kappa shape index (κ3) is 4.72. The fraction of sp³-hybridized carbons (Fsp3) is 0.367. The van der Waals surface area contributed by atoms with Crippen LogP contribution in [-0.4, -0.2) is 38.6 Å². The van der Waals surface area contributed by atoms with Crippen molar-refractivity contribution >= 4 is 16.9 Å². The van der Waals surface area contributed by atoms with Gasteiger partial charge in [0, 0.05) is 55.9 Å². The molecule has 0 aliphatic carbocycles. The largest absolute Gasteiger partial charge is 0.347 e. The minimum absolute atomic E-state index is 0.0413. The summed E-state index contributed by atoms with van der Waals surface area (Å²) in [7, 11) is 0. The van der Waals surface area contributed by atoms with Crippen LogP contribution in [0.2, 0.25) is 0 Å². The molecule has 0 radical (unpaired) electrons. The highest BCUT2D eigenvalue weighted by Crippen LogP contribution is 2.34. The summed E-state index contributed by atoms with van der Waals surface area (Å²) in [5.41, 5.74) is 6.18. The molecule has 6 heteroatoms. The Hall–Kier alpha value is -3.67. The third-order valence-electron chi connectivity index (χ3n) is 7.77. The van der Waals surface area contributed by atoms with E-state index in [0.29, 0.717) is 12.5 Å². The smallest absolute Gasteiger partial charge is 0.317 e. The molecule has 2 aromatic carbocycles. The highest BCUT2D eigenvalue weighted by Gasteiger charge is 2.23. The molecule has 0 bridgehead atoms. The Labute approximate surface area is 212 Å². The van der Waals surface area contributed by atoms with Gasteiger partial charge in [-0.2, -0.15) is 0 Å². The number of aryl methyl sites for hydroxylation is 3. The monoisotopic (exact) mass is 479 g/mol. The first kappa shape index (κ1) is 22.8. The number of nitrogens with one attached hydrogen (secondary N) is 1. The highest BCUT2D eigenvalue weighted by atomic mass is 16.2. The number of carbonyl (C=O) groups is 1. The topological polar surface area (TPSA) is 63.1 Å². The van der Waals surface area contributed by atoms with Crippen LogP contribution in [0.1, 0.15) is 42.6 Å². The second-order valence-corrected chi connectivity index (χ2v) is 10.1. The molecule has 4 aromatic rings. The van der Waals surface area contributed by atoms with Crippen molar-refractivity contribution in [2.24, 2.45) is 5.92 Å². The molecule has 1 saturated heterocycles. The molecule has 6 nitrogen and oxygen atoms in total. The lowest BCUT2D eigenvalue weighted by molar-refractivity contribution is 0.167. The van der Waals surface area contributed by atoms with Gasteiger partial charge in [-0.15, -0.1) is 0 Å². The highest BCUT2D eigenvalue weighted by molar-refractivity contribution is 5.97. The quantitative estimate of drug-likeness (QED) is 0.392. The molecule has 0 saturated carbocycles. The van der Waals surface area contributed by atoms with E-state index >= 15 is 0 Å². The van der Waals surface area contributed by atoms with Crippen LogP contribution in [-0.2, 0) is 25.9 Å². The zero-order valence-corrected chi connectivity index (χ0v) is 20.7. The Bertz CT molecular complexity index is 1350. The molecule has 184 valence electrons. The zero-order chi connectivity index (χ0) is 24.3. The SMILES string of the molecule is O=C(NCc1ccccc1)N1CCC(CCc2nccc(-c3cn4c5c(cccc35)CCC4)n2)CC1. The van der Waals surface area contributed by atoms with Gasteiger partial charge in [0.2, 0.25) is 0 Å². The van der Waals surface area contributed by atoms with Gasteiger partial charge in [0.1, 0.15) is 5.82 Å². The lowest BCUT2D eigenvalue weighted by Crippen LogP contribution is -2.44. The predicted octanol–water partition coefficient (Wildman–Crippen LogP) is 5.60. The van der Waals surface area contributed by atoms with Gasteiger partial charge in [0.15, 0.2) is 0 Å². The van der Waals surface area contributed by atoms with E-state index in [0.717, 1.165) is 68.8 Å². The van der Waals surface area contributed by atoms with Gasteiger partial charge in [0.05, 0.1) is 11.2 Å². The van der Waals surface area contributed by atoms with Crippen LogP contribution in [0.25, 0.3) is 22.2 Å². The molecule has 1 fully saturated rings. The van der Waals surface area contributed by atoms with Gasteiger partial charge in [-0.3, -0.25) is 0 Å². The fourth-order valence-corrected chi connectivity index (χ4v) is 5.77. The van der Waals surface area contributed by atoms with Gasteiger partial charge in [-0.05, 0) is 55.2 Å². The number of carbonyl (C=O) groups excluding carboxylic acids is 1. The van der Waals surface area contributed by atoms with Crippen LogP contribution in [0, 0.1) is 5.92 Å². The molecule has 1 N–H and O–H groups in total. The predicted molar refractivity (Wildman–Crippen MR) is 143 cm³/mol. The molecule has 0 unspecified atom stereocenters. The van der Waals surface area contributed by atoms with Crippen molar-refractivity contribution in [2.45, 2.75) is 51.6 Å². The molecular formula is C30H33N5O. The van der Waals surface area contributed by atoms with Gasteiger partial charge in [-0.25, -0.2) is 14.8 Å². The first-order valence-electron chi connectivity index (χ1n) is 13.2. The normalized spacial score (nSPS) is 15.8. The van der Waals surface area contributed by atoms with E-state index in [-0.39, 0.29) is 6.03 Å². The maximum Gasteiger partial charge on any atom is 0.317 e. The van der Waals surface area contributed by atoms with Gasteiger partial charge >= 0.3 is 6.03 Å². The Balaban J connectivity index is 1.04. The van der Waals surface area contributed by atoms with E-state index in [2.05, 4.69) is 39.3 Å². The Morgan fingerprint density at radius 1 is 1.00 bits per heavy atom. The summed E-state index contributed by atoms with van der Waals surface area (Å²) in [6.45, 7) is 3.28. The lowest BCUT2D eigenvalue weighted by Gasteiger charge is -2.32. The number of urea groups is 1. The number of para-hydroxylation sites is 1. The molecule has 2 amide bonds. The van der Waals surface area contributed by atoms with E-state index in [9.17, 15) is 4.79 Å². The Morgan fingerprint density at radius 3 is 2.72 bits per heavy atom. The summed E-state index contributed by atoms with van der Waals surface area (Å²) in [4.78, 5) is 24.1. The summed E-state index contributed by atoms with van der Waals surface area (Å²) in [5, 5.41) is 4.35. The molecule has 4 heterocycles. The van der Waals surface area contributed by atoms with Crippen molar-refractivity contribution in [2.75, 3.05) is 13.1 Å². The van der Waals surface area contributed by atoms with E-state index in [1.54, 1.807) is 0 Å². The molecule has 2 aliphatic heterocycles. The first-order valence-corrected chi connectivity index (χ1v) is 13.2. The number of aromatic nitrogens is 3. The number of nitrogens with zero attached hydrogens (tertiary/aromatic N) is 4. The summed E-state index contributed by atoms with van der Waals surface area (Å²) in [6.07, 6.45) is 10.6. The van der Waals surface area contributed by atoms with Crippen LogP contribution in [0.3, 0.4) is 0 Å². The minimum Gasteiger partial charge on any atom is -0.347 e. The van der Waals surface area contributed by atoms with Crippen molar-refractivity contribution in [1.82, 2.24) is 24.8 Å². The fourth-order valence-electron chi connectivity index (χ4n) is 5.77. The minimum atomic E-state index is 0.0413. The number of likely N-dealkylation sites (tertiary alicyclic amines) is 1. The first-order chi connectivity index (χ1) is 17.7.